The van der Waals surface area contributed by atoms with Crippen molar-refractivity contribution >= 4 is 5.91 Å². The number of halogens is 1. The van der Waals surface area contributed by atoms with Crippen molar-refractivity contribution < 1.29 is 9.18 Å². The molecular formula is C24H23FN6O. The Labute approximate surface area is 184 Å². The van der Waals surface area contributed by atoms with Crippen LogP contribution in [0.1, 0.15) is 52.0 Å². The summed E-state index contributed by atoms with van der Waals surface area (Å²) in [6.07, 6.45) is 5.87. The molecule has 5 rings (SSSR count). The van der Waals surface area contributed by atoms with Gasteiger partial charge in [-0.15, -0.1) is 0 Å². The van der Waals surface area contributed by atoms with E-state index in [1.807, 2.05) is 46.1 Å². The van der Waals surface area contributed by atoms with Crippen molar-refractivity contribution in [1.82, 2.24) is 29.9 Å². The number of likely N-dealkylation sites (tertiary alicyclic amines) is 1. The summed E-state index contributed by atoms with van der Waals surface area (Å²) in [6.45, 7) is 1.21. The molecule has 162 valence electrons. The Kier molecular flexibility index (Phi) is 5.49. The van der Waals surface area contributed by atoms with E-state index in [-0.39, 0.29) is 17.8 Å². The molecule has 0 bridgehead atoms. The maximum Gasteiger partial charge on any atom is 0.254 e. The van der Waals surface area contributed by atoms with Crippen molar-refractivity contribution in [1.29, 1.82) is 0 Å². The molecule has 2 aromatic heterocycles. The topological polar surface area (TPSA) is 79.7 Å². The van der Waals surface area contributed by atoms with Gasteiger partial charge in [0.2, 0.25) is 0 Å². The Bertz CT molecular complexity index is 1200. The molecular weight excluding hydrogens is 407 g/mol. The second-order valence-electron chi connectivity index (χ2n) is 7.96. The van der Waals surface area contributed by atoms with E-state index in [1.54, 1.807) is 18.3 Å². The number of aromatic nitrogens is 5. The third kappa shape index (κ3) is 4.16. The van der Waals surface area contributed by atoms with E-state index < -0.39 is 0 Å². The van der Waals surface area contributed by atoms with Gasteiger partial charge in [0.15, 0.2) is 5.82 Å². The number of benzene rings is 2. The minimum atomic E-state index is -0.264. The number of carbonyl (C=O) groups is 1. The van der Waals surface area contributed by atoms with Gasteiger partial charge < -0.3 is 4.90 Å². The summed E-state index contributed by atoms with van der Waals surface area (Å²) >= 11 is 0. The summed E-state index contributed by atoms with van der Waals surface area (Å²) in [5.74, 6) is 1.04. The van der Waals surface area contributed by atoms with Crippen LogP contribution >= 0.6 is 0 Å². The maximum atomic E-state index is 13.5. The van der Waals surface area contributed by atoms with Gasteiger partial charge in [-0.25, -0.2) is 9.37 Å². The zero-order valence-electron chi connectivity index (χ0n) is 17.5. The van der Waals surface area contributed by atoms with Crippen molar-refractivity contribution in [3.63, 3.8) is 0 Å². The second-order valence-corrected chi connectivity index (χ2v) is 7.96. The van der Waals surface area contributed by atoms with E-state index in [1.165, 1.54) is 12.1 Å². The summed E-state index contributed by atoms with van der Waals surface area (Å²) in [4.78, 5) is 20.0. The molecule has 0 aliphatic carbocycles. The monoisotopic (exact) mass is 430 g/mol. The molecule has 1 fully saturated rings. The first-order valence-electron chi connectivity index (χ1n) is 10.7. The maximum absolute atomic E-state index is 13.5. The molecule has 1 atom stereocenters. The van der Waals surface area contributed by atoms with Crippen LogP contribution in [0.15, 0.2) is 67.0 Å². The van der Waals surface area contributed by atoms with Crippen LogP contribution in [0.5, 0.6) is 0 Å². The molecule has 0 radical (unpaired) electrons. The quantitative estimate of drug-likeness (QED) is 0.505. The smallest absolute Gasteiger partial charge is 0.254 e. The Morgan fingerprint density at radius 2 is 1.97 bits per heavy atom. The third-order valence-electron chi connectivity index (χ3n) is 5.78. The summed E-state index contributed by atoms with van der Waals surface area (Å²) in [7, 11) is 0. The summed E-state index contributed by atoms with van der Waals surface area (Å²) in [5, 5.41) is 11.6. The largest absolute Gasteiger partial charge is 0.328 e. The lowest BCUT2D eigenvalue weighted by atomic mass is 10.1. The molecule has 0 saturated carbocycles. The van der Waals surface area contributed by atoms with Gasteiger partial charge in [-0.1, -0.05) is 30.3 Å². The molecule has 8 heteroatoms. The second kappa shape index (κ2) is 8.74. The van der Waals surface area contributed by atoms with E-state index in [4.69, 9.17) is 0 Å². The number of hydrogen-bond acceptors (Lipinski definition) is 4. The van der Waals surface area contributed by atoms with Crippen molar-refractivity contribution in [2.24, 2.45) is 0 Å². The zero-order chi connectivity index (χ0) is 21.9. The standard InChI is InChI=1S/C24H23FN6O/c25-19-10-8-17(9-11-19)15-22-27-23(29-28-22)21-7-3-14-31(21)24(32)20-6-2-1-5-18(20)16-30-13-4-12-26-30/h1-2,4-6,8-13,21H,3,7,14-16H2,(H,27,28,29). The fourth-order valence-electron chi connectivity index (χ4n) is 4.20. The molecule has 1 N–H and O–H groups in total. The average Bonchev–Trinajstić information content (AvgIpc) is 3.57. The van der Waals surface area contributed by atoms with Gasteiger partial charge in [0.05, 0.1) is 12.6 Å². The minimum absolute atomic E-state index is 0.0138. The van der Waals surface area contributed by atoms with Crippen LogP contribution in [0.3, 0.4) is 0 Å². The Balaban J connectivity index is 1.35. The average molecular weight is 430 g/mol. The number of nitrogens with zero attached hydrogens (tertiary/aromatic N) is 5. The lowest BCUT2D eigenvalue weighted by Gasteiger charge is -2.24. The molecule has 0 spiro atoms. The molecule has 1 aliphatic rings. The predicted molar refractivity (Wildman–Crippen MR) is 116 cm³/mol. The summed E-state index contributed by atoms with van der Waals surface area (Å²) in [6, 6.07) is 15.7. The Morgan fingerprint density at radius 3 is 2.78 bits per heavy atom. The number of H-pyrrole nitrogens is 1. The van der Waals surface area contributed by atoms with E-state index >= 15 is 0 Å². The Hall–Kier alpha value is -3.81. The number of nitrogens with one attached hydrogen (secondary N) is 1. The zero-order valence-corrected chi connectivity index (χ0v) is 17.5. The number of aromatic amines is 1. The molecule has 7 nitrogen and oxygen atoms in total. The minimum Gasteiger partial charge on any atom is -0.328 e. The lowest BCUT2D eigenvalue weighted by molar-refractivity contribution is 0.0728. The van der Waals surface area contributed by atoms with Crippen LogP contribution < -0.4 is 0 Å². The van der Waals surface area contributed by atoms with Crippen LogP contribution in [0.4, 0.5) is 4.39 Å². The summed E-state index contributed by atoms with van der Waals surface area (Å²) in [5.41, 5.74) is 2.55. The third-order valence-corrected chi connectivity index (χ3v) is 5.78. The number of hydrogen-bond donors (Lipinski definition) is 1. The number of rotatable bonds is 6. The molecule has 1 saturated heterocycles. The van der Waals surface area contributed by atoms with Gasteiger partial charge in [0.25, 0.3) is 5.91 Å². The highest BCUT2D eigenvalue weighted by Gasteiger charge is 2.34. The van der Waals surface area contributed by atoms with Crippen molar-refractivity contribution in [3.8, 4) is 0 Å². The first-order valence-corrected chi connectivity index (χ1v) is 10.7. The van der Waals surface area contributed by atoms with Gasteiger partial charge >= 0.3 is 0 Å². The fourth-order valence-corrected chi connectivity index (χ4v) is 4.20. The van der Waals surface area contributed by atoms with Gasteiger partial charge in [-0.2, -0.15) is 10.2 Å². The molecule has 3 heterocycles. The molecule has 4 aromatic rings. The van der Waals surface area contributed by atoms with E-state index in [0.717, 1.165) is 24.0 Å². The highest BCUT2D eigenvalue weighted by Crippen LogP contribution is 2.32. The van der Waals surface area contributed by atoms with Gasteiger partial charge in [0.1, 0.15) is 11.6 Å². The summed E-state index contributed by atoms with van der Waals surface area (Å²) < 4.78 is 15.0. The fraction of sp³-hybridized carbons (Fsp3) is 0.250. The van der Waals surface area contributed by atoms with E-state index in [9.17, 15) is 9.18 Å². The number of amides is 1. The van der Waals surface area contributed by atoms with Crippen LogP contribution in [0.25, 0.3) is 0 Å². The SMILES string of the molecule is O=C(c1ccccc1Cn1cccn1)N1CCCC1c1n[nH]c(Cc2ccc(F)cc2)n1. The molecule has 2 aromatic carbocycles. The van der Waals surface area contributed by atoms with Crippen LogP contribution in [0.2, 0.25) is 0 Å². The van der Waals surface area contributed by atoms with Gasteiger partial charge in [0, 0.05) is 30.9 Å². The van der Waals surface area contributed by atoms with Crippen LogP contribution in [-0.2, 0) is 13.0 Å². The number of carbonyl (C=O) groups excluding carboxylic acids is 1. The van der Waals surface area contributed by atoms with Crippen molar-refractivity contribution in [2.45, 2.75) is 31.8 Å². The van der Waals surface area contributed by atoms with Gasteiger partial charge in [-0.05, 0) is 48.2 Å². The molecule has 1 amide bonds. The van der Waals surface area contributed by atoms with Crippen LogP contribution in [-0.4, -0.2) is 42.3 Å². The highest BCUT2D eigenvalue weighted by molar-refractivity contribution is 5.96. The molecule has 1 aliphatic heterocycles. The molecule has 1 unspecified atom stereocenters. The van der Waals surface area contributed by atoms with Gasteiger partial charge in [-0.3, -0.25) is 14.6 Å². The van der Waals surface area contributed by atoms with Crippen LogP contribution in [0, 0.1) is 5.82 Å². The predicted octanol–water partition coefficient (Wildman–Crippen LogP) is 3.76. The highest BCUT2D eigenvalue weighted by atomic mass is 19.1. The first-order chi connectivity index (χ1) is 15.7. The van der Waals surface area contributed by atoms with Crippen molar-refractivity contribution in [2.75, 3.05) is 6.54 Å². The van der Waals surface area contributed by atoms with E-state index in [2.05, 4.69) is 20.3 Å². The first kappa shape index (κ1) is 20.1. The van der Waals surface area contributed by atoms with Crippen molar-refractivity contribution in [3.05, 3.63) is 101 Å². The lowest BCUT2D eigenvalue weighted by Crippen LogP contribution is -2.32. The Morgan fingerprint density at radius 1 is 1.12 bits per heavy atom. The molecule has 32 heavy (non-hydrogen) atoms. The van der Waals surface area contributed by atoms with E-state index in [0.29, 0.717) is 36.7 Å². The normalized spacial score (nSPS) is 15.9.